The second-order valence-corrected chi connectivity index (χ2v) is 7.06. The van der Waals surface area contributed by atoms with Crippen LogP contribution in [-0.4, -0.2) is 47.5 Å². The molecule has 2 amide bonds. The molecule has 0 aliphatic carbocycles. The molecular weight excluding hydrogens is 364 g/mol. The van der Waals surface area contributed by atoms with Crippen molar-refractivity contribution < 1.29 is 18.7 Å². The maximum absolute atomic E-state index is 14.4. The highest BCUT2D eigenvalue weighted by atomic mass is 19.1. The highest BCUT2D eigenvalue weighted by Gasteiger charge is 2.48. The van der Waals surface area contributed by atoms with Gasteiger partial charge in [-0.2, -0.15) is 5.10 Å². The van der Waals surface area contributed by atoms with Gasteiger partial charge in [-0.1, -0.05) is 30.3 Å². The van der Waals surface area contributed by atoms with Crippen molar-refractivity contribution in [1.29, 1.82) is 0 Å². The van der Waals surface area contributed by atoms with Gasteiger partial charge in [0.15, 0.2) is 0 Å². The van der Waals surface area contributed by atoms with Crippen molar-refractivity contribution in [2.24, 2.45) is 5.10 Å². The number of hydrogen-bond donors (Lipinski definition) is 1. The van der Waals surface area contributed by atoms with E-state index in [1.807, 2.05) is 30.3 Å². The van der Waals surface area contributed by atoms with Crippen LogP contribution in [0.4, 0.5) is 13.6 Å². The molecule has 1 heterocycles. The van der Waals surface area contributed by atoms with Crippen molar-refractivity contribution >= 4 is 11.7 Å². The minimum atomic E-state index is -0.889. The van der Waals surface area contributed by atoms with Gasteiger partial charge in [0.1, 0.15) is 11.6 Å². The molecule has 0 radical (unpaired) electrons. The van der Waals surface area contributed by atoms with Crippen LogP contribution in [0.1, 0.15) is 30.4 Å². The number of aliphatic hydroxyl groups excluding tert-OH is 1. The highest BCUT2D eigenvalue weighted by molar-refractivity contribution is 6.04. The minimum absolute atomic E-state index is 0.0401. The number of hydrogen-bond acceptors (Lipinski definition) is 3. The first-order valence-corrected chi connectivity index (χ1v) is 9.10. The van der Waals surface area contributed by atoms with E-state index in [9.17, 15) is 18.7 Å². The fourth-order valence-electron chi connectivity index (χ4n) is 3.57. The van der Waals surface area contributed by atoms with Crippen molar-refractivity contribution in [3.05, 3.63) is 71.3 Å². The largest absolute Gasteiger partial charge is 0.396 e. The van der Waals surface area contributed by atoms with E-state index in [0.717, 1.165) is 23.8 Å². The van der Waals surface area contributed by atoms with Gasteiger partial charge >= 0.3 is 6.03 Å². The third kappa shape index (κ3) is 3.62. The minimum Gasteiger partial charge on any atom is -0.396 e. The highest BCUT2D eigenvalue weighted by Crippen LogP contribution is 2.43. The van der Waals surface area contributed by atoms with Crippen LogP contribution in [0.15, 0.2) is 53.6 Å². The Bertz CT molecular complexity index is 886. The molecule has 1 aliphatic rings. The maximum Gasteiger partial charge on any atom is 0.340 e. The number of rotatable bonds is 5. The van der Waals surface area contributed by atoms with E-state index in [1.165, 1.54) is 9.91 Å². The van der Waals surface area contributed by atoms with Crippen molar-refractivity contribution in [2.75, 3.05) is 20.7 Å². The van der Waals surface area contributed by atoms with Crippen LogP contribution in [0.2, 0.25) is 0 Å². The van der Waals surface area contributed by atoms with Crippen molar-refractivity contribution in [3.8, 4) is 0 Å². The Labute approximate surface area is 162 Å². The molecular formula is C21H23F2N3O2. The summed E-state index contributed by atoms with van der Waals surface area (Å²) in [7, 11) is 3.22. The molecule has 0 spiro atoms. The van der Waals surface area contributed by atoms with Crippen LogP contribution in [0.25, 0.3) is 0 Å². The zero-order valence-corrected chi connectivity index (χ0v) is 15.9. The number of carbonyl (C=O) groups is 1. The van der Waals surface area contributed by atoms with Crippen LogP contribution in [0.5, 0.6) is 0 Å². The first kappa shape index (κ1) is 19.9. The number of aliphatic hydroxyl groups is 1. The summed E-state index contributed by atoms with van der Waals surface area (Å²) < 4.78 is 28.2. The normalized spacial score (nSPS) is 18.9. The summed E-state index contributed by atoms with van der Waals surface area (Å²) in [6.07, 6.45) is 1.08. The third-order valence-corrected chi connectivity index (χ3v) is 4.95. The van der Waals surface area contributed by atoms with E-state index in [1.54, 1.807) is 14.1 Å². The summed E-state index contributed by atoms with van der Waals surface area (Å²) in [4.78, 5) is 14.3. The first-order chi connectivity index (χ1) is 13.4. The zero-order valence-electron chi connectivity index (χ0n) is 15.9. The average molecular weight is 387 g/mol. The molecule has 1 N–H and O–H groups in total. The molecule has 1 atom stereocenters. The quantitative estimate of drug-likeness (QED) is 0.850. The van der Waals surface area contributed by atoms with Crippen LogP contribution in [-0.2, 0) is 5.54 Å². The average Bonchev–Trinajstić information content (AvgIpc) is 3.08. The van der Waals surface area contributed by atoms with E-state index in [0.29, 0.717) is 18.6 Å². The molecule has 28 heavy (non-hydrogen) atoms. The molecule has 0 fully saturated rings. The van der Waals surface area contributed by atoms with E-state index >= 15 is 0 Å². The van der Waals surface area contributed by atoms with E-state index in [2.05, 4.69) is 5.10 Å². The standard InChI is InChI=1S/C21H23F2N3O2/c1-25(2)20(28)26-21(11-6-12-27,15-7-4-3-5-8-15)14-19(24-26)17-13-16(22)9-10-18(17)23/h3-5,7-10,13,27H,6,11-12,14H2,1-2H3. The predicted molar refractivity (Wildman–Crippen MR) is 103 cm³/mol. The van der Waals surface area contributed by atoms with Crippen LogP contribution in [0.3, 0.4) is 0 Å². The molecule has 148 valence electrons. The van der Waals surface area contributed by atoms with Gasteiger partial charge in [0.25, 0.3) is 0 Å². The Balaban J connectivity index is 2.15. The summed E-state index contributed by atoms with van der Waals surface area (Å²) in [6.45, 7) is -0.0533. The summed E-state index contributed by atoms with van der Waals surface area (Å²) in [5.41, 5.74) is 0.279. The van der Waals surface area contributed by atoms with Gasteiger partial charge in [-0.3, -0.25) is 0 Å². The molecule has 2 aromatic carbocycles. The molecule has 1 unspecified atom stereocenters. The SMILES string of the molecule is CN(C)C(=O)N1N=C(c2cc(F)ccc2F)CC1(CCCO)c1ccccc1. The number of amides is 2. The number of benzene rings is 2. The Morgan fingerprint density at radius 3 is 2.57 bits per heavy atom. The van der Waals surface area contributed by atoms with Crippen LogP contribution < -0.4 is 0 Å². The zero-order chi connectivity index (χ0) is 20.3. The lowest BCUT2D eigenvalue weighted by atomic mass is 9.80. The molecule has 5 nitrogen and oxygen atoms in total. The van der Waals surface area contributed by atoms with Gasteiger partial charge in [0.05, 0.1) is 11.3 Å². The molecule has 2 aromatic rings. The third-order valence-electron chi connectivity index (χ3n) is 4.95. The van der Waals surface area contributed by atoms with E-state index < -0.39 is 17.2 Å². The molecule has 0 saturated heterocycles. The van der Waals surface area contributed by atoms with E-state index in [-0.39, 0.29) is 24.6 Å². The lowest BCUT2D eigenvalue weighted by Gasteiger charge is -2.38. The molecule has 7 heteroatoms. The van der Waals surface area contributed by atoms with Crippen LogP contribution >= 0.6 is 0 Å². The Morgan fingerprint density at radius 1 is 1.21 bits per heavy atom. The Morgan fingerprint density at radius 2 is 1.93 bits per heavy atom. The second kappa shape index (κ2) is 8.06. The first-order valence-electron chi connectivity index (χ1n) is 9.10. The topological polar surface area (TPSA) is 56.1 Å². The van der Waals surface area contributed by atoms with Gasteiger partial charge in [0.2, 0.25) is 0 Å². The predicted octanol–water partition coefficient (Wildman–Crippen LogP) is 3.72. The summed E-state index contributed by atoms with van der Waals surface area (Å²) in [6, 6.07) is 12.2. The smallest absolute Gasteiger partial charge is 0.340 e. The summed E-state index contributed by atoms with van der Waals surface area (Å²) in [5.74, 6) is -1.17. The molecule has 3 rings (SSSR count). The number of halogens is 2. The fourth-order valence-corrected chi connectivity index (χ4v) is 3.57. The number of carbonyl (C=O) groups excluding carboxylic acids is 1. The van der Waals surface area contributed by atoms with Crippen molar-refractivity contribution in [2.45, 2.75) is 24.8 Å². The molecule has 0 saturated carbocycles. The van der Waals surface area contributed by atoms with Gasteiger partial charge in [-0.15, -0.1) is 0 Å². The monoisotopic (exact) mass is 387 g/mol. The number of hydrazone groups is 1. The van der Waals surface area contributed by atoms with Crippen LogP contribution in [0, 0.1) is 11.6 Å². The second-order valence-electron chi connectivity index (χ2n) is 7.06. The molecule has 1 aliphatic heterocycles. The number of urea groups is 1. The number of nitrogens with zero attached hydrogens (tertiary/aromatic N) is 3. The summed E-state index contributed by atoms with van der Waals surface area (Å²) in [5, 5.41) is 15.2. The van der Waals surface area contributed by atoms with Gasteiger partial charge < -0.3 is 10.0 Å². The lowest BCUT2D eigenvalue weighted by molar-refractivity contribution is 0.0978. The Kier molecular flexibility index (Phi) is 5.74. The molecule has 0 aromatic heterocycles. The fraction of sp³-hybridized carbons (Fsp3) is 0.333. The van der Waals surface area contributed by atoms with E-state index in [4.69, 9.17) is 0 Å². The van der Waals surface area contributed by atoms with Crippen molar-refractivity contribution in [3.63, 3.8) is 0 Å². The maximum atomic E-state index is 14.4. The van der Waals surface area contributed by atoms with Gasteiger partial charge in [-0.25, -0.2) is 18.6 Å². The summed E-state index contributed by atoms with van der Waals surface area (Å²) >= 11 is 0. The molecule has 0 bridgehead atoms. The van der Waals surface area contributed by atoms with Gasteiger partial charge in [0, 0.05) is 32.7 Å². The Hall–Kier alpha value is -2.80. The van der Waals surface area contributed by atoms with Crippen molar-refractivity contribution in [1.82, 2.24) is 9.91 Å². The van der Waals surface area contributed by atoms with Gasteiger partial charge in [-0.05, 0) is 36.6 Å². The lowest BCUT2D eigenvalue weighted by Crippen LogP contribution is -2.47.